The van der Waals surface area contributed by atoms with Crippen LogP contribution in [-0.4, -0.2) is 111 Å². The van der Waals surface area contributed by atoms with E-state index in [1.807, 2.05) is 33.7 Å². The number of hydrogen-bond acceptors (Lipinski definition) is 11. The number of hydrogen-bond donors (Lipinski definition) is 3. The first kappa shape index (κ1) is 42.7. The SMILES string of the molecule is CC1CC(NC2CCC(=O)NC2=O)=CC=C1C1CCN(CC(=O)N2CCN(c3ccc(-c4cc(F)c5c(c4)C(=O)N(C(C(=O)Nc4nccs4)c4ncn6c4CCC6)C5)cc3)CC2)CC1. The summed E-state index contributed by atoms with van der Waals surface area (Å²) in [5.41, 5.74) is 6.74. The Morgan fingerprint density at radius 3 is 2.48 bits per heavy atom. The maximum atomic E-state index is 16.0. The number of rotatable bonds is 11. The van der Waals surface area contributed by atoms with Gasteiger partial charge in [0.1, 0.15) is 11.9 Å². The van der Waals surface area contributed by atoms with Gasteiger partial charge in [-0.3, -0.25) is 39.5 Å². The highest BCUT2D eigenvalue weighted by Gasteiger charge is 2.42. The molecule has 3 unspecified atom stereocenters. The number of likely N-dealkylation sites (tertiary alicyclic amines) is 1. The van der Waals surface area contributed by atoms with E-state index < -0.39 is 23.7 Å². The molecule has 3 N–H and O–H groups in total. The molecule has 10 rings (SSSR count). The first-order chi connectivity index (χ1) is 31.6. The van der Waals surface area contributed by atoms with Crippen LogP contribution < -0.4 is 20.9 Å². The lowest BCUT2D eigenvalue weighted by atomic mass is 9.78. The van der Waals surface area contributed by atoms with Crippen LogP contribution in [0.3, 0.4) is 0 Å². The first-order valence-corrected chi connectivity index (χ1v) is 23.7. The van der Waals surface area contributed by atoms with Crippen LogP contribution in [0.4, 0.5) is 15.2 Å². The minimum absolute atomic E-state index is 0.0542. The van der Waals surface area contributed by atoms with E-state index >= 15 is 4.39 Å². The molecule has 0 radical (unpaired) electrons. The van der Waals surface area contributed by atoms with E-state index in [1.165, 1.54) is 27.9 Å². The average molecular weight is 901 g/mol. The molecule has 5 amide bonds. The van der Waals surface area contributed by atoms with Crippen LogP contribution in [0.1, 0.15) is 78.8 Å². The van der Waals surface area contributed by atoms with Crippen molar-refractivity contribution in [1.82, 2.24) is 39.9 Å². The second kappa shape index (κ2) is 18.0. The lowest BCUT2D eigenvalue weighted by Gasteiger charge is -2.39. The number of amides is 5. The number of imidazole rings is 1. The van der Waals surface area contributed by atoms with Gasteiger partial charge < -0.3 is 24.6 Å². The number of nitrogens with zero attached hydrogens (tertiary/aromatic N) is 7. The van der Waals surface area contributed by atoms with Crippen LogP contribution in [0.2, 0.25) is 0 Å². The second-order valence-corrected chi connectivity index (χ2v) is 19.0. The quantitative estimate of drug-likeness (QED) is 0.174. The summed E-state index contributed by atoms with van der Waals surface area (Å²) in [6, 6.07) is 9.64. The maximum Gasteiger partial charge on any atom is 0.255 e. The third-order valence-corrected chi connectivity index (χ3v) is 14.8. The molecule has 338 valence electrons. The Hall–Kier alpha value is -6.20. The van der Waals surface area contributed by atoms with Crippen molar-refractivity contribution in [2.24, 2.45) is 11.8 Å². The van der Waals surface area contributed by atoms with Crippen molar-refractivity contribution in [3.05, 3.63) is 106 Å². The molecular formula is C48H53FN10O5S. The fourth-order valence-electron chi connectivity index (χ4n) is 10.5. The molecule has 1 aliphatic carbocycles. The molecule has 3 atom stereocenters. The predicted octanol–water partition coefficient (Wildman–Crippen LogP) is 5.03. The third-order valence-electron chi connectivity index (χ3n) is 14.1. The summed E-state index contributed by atoms with van der Waals surface area (Å²) in [6.07, 6.45) is 13.0. The van der Waals surface area contributed by atoms with Gasteiger partial charge >= 0.3 is 0 Å². The smallest absolute Gasteiger partial charge is 0.255 e. The highest BCUT2D eigenvalue weighted by molar-refractivity contribution is 7.13. The zero-order valence-corrected chi connectivity index (χ0v) is 37.2. The second-order valence-electron chi connectivity index (χ2n) is 18.1. The van der Waals surface area contributed by atoms with Gasteiger partial charge in [0.15, 0.2) is 11.2 Å². The molecule has 6 aliphatic rings. The van der Waals surface area contributed by atoms with Gasteiger partial charge in [0.05, 0.1) is 25.1 Å². The summed E-state index contributed by atoms with van der Waals surface area (Å²) in [6.45, 7) is 7.78. The van der Waals surface area contributed by atoms with E-state index in [-0.39, 0.29) is 41.4 Å². The third kappa shape index (κ3) is 8.70. The van der Waals surface area contributed by atoms with Crippen LogP contribution in [0, 0.1) is 17.7 Å². The number of nitrogens with one attached hydrogen (secondary N) is 3. The van der Waals surface area contributed by atoms with Crippen molar-refractivity contribution in [1.29, 1.82) is 0 Å². The molecule has 2 aromatic carbocycles. The number of carbonyl (C=O) groups excluding carboxylic acids is 5. The number of imide groups is 1. The standard InChI is InChI=1S/C48H53FN10O5S/c1-29-23-33(52-39-10-11-41(60)53-45(39)62)6-9-35(29)31-12-16-55(17-13-31)27-42(61)57-20-18-56(19-21-57)34-7-4-30(5-8-34)32-24-36-37(38(49)25-32)26-59(47(36)64)44(46(63)54-48-50-14-22-65-48)43-40-3-2-15-58(40)28-51-43/h4-9,14,22,24-25,28-29,31,39,44,52H,2-3,10-13,15-21,23,26-27H2,1H3,(H,50,54,63)(H,53,60,62). The molecule has 17 heteroatoms. The number of piperazine rings is 1. The van der Waals surface area contributed by atoms with Gasteiger partial charge in [-0.1, -0.05) is 30.7 Å². The van der Waals surface area contributed by atoms with E-state index in [2.05, 4.69) is 54.8 Å². The van der Waals surface area contributed by atoms with Crippen LogP contribution in [-0.2, 0) is 38.7 Å². The van der Waals surface area contributed by atoms with Crippen LogP contribution in [0.25, 0.3) is 11.1 Å². The first-order valence-electron chi connectivity index (χ1n) is 22.8. The highest BCUT2D eigenvalue weighted by Crippen LogP contribution is 2.39. The number of aryl methyl sites for hydroxylation is 1. The fraction of sp³-hybridized carbons (Fsp3) is 0.438. The van der Waals surface area contributed by atoms with Crippen molar-refractivity contribution in [2.75, 3.05) is 56.0 Å². The van der Waals surface area contributed by atoms with Crippen molar-refractivity contribution in [3.8, 4) is 11.1 Å². The lowest BCUT2D eigenvalue weighted by Crippen LogP contribution is -2.52. The fourth-order valence-corrected chi connectivity index (χ4v) is 11.1. The molecule has 0 spiro atoms. The summed E-state index contributed by atoms with van der Waals surface area (Å²) in [4.78, 5) is 82.0. The minimum atomic E-state index is -1.05. The molecule has 3 saturated heterocycles. The molecule has 0 saturated carbocycles. The Morgan fingerprint density at radius 1 is 0.938 bits per heavy atom. The predicted molar refractivity (Wildman–Crippen MR) is 243 cm³/mol. The largest absolute Gasteiger partial charge is 0.377 e. The molecule has 0 bridgehead atoms. The van der Waals surface area contributed by atoms with Gasteiger partial charge in [-0.25, -0.2) is 14.4 Å². The molecule has 65 heavy (non-hydrogen) atoms. The van der Waals surface area contributed by atoms with Crippen molar-refractivity contribution < 1.29 is 28.4 Å². The molecule has 15 nitrogen and oxygen atoms in total. The lowest BCUT2D eigenvalue weighted by molar-refractivity contribution is -0.135. The van der Waals surface area contributed by atoms with E-state index in [4.69, 9.17) is 0 Å². The number of thiazole rings is 1. The summed E-state index contributed by atoms with van der Waals surface area (Å²) in [7, 11) is 0. The number of benzene rings is 2. The van der Waals surface area contributed by atoms with Gasteiger partial charge in [0.2, 0.25) is 17.7 Å². The summed E-state index contributed by atoms with van der Waals surface area (Å²) in [5.74, 6) is -0.843. The van der Waals surface area contributed by atoms with Crippen LogP contribution in [0.15, 0.2) is 77.7 Å². The molecule has 5 aliphatic heterocycles. The number of halogens is 1. The summed E-state index contributed by atoms with van der Waals surface area (Å²) in [5, 5.41) is 10.8. The van der Waals surface area contributed by atoms with Crippen LogP contribution >= 0.6 is 11.3 Å². The summed E-state index contributed by atoms with van der Waals surface area (Å²) >= 11 is 1.28. The average Bonchev–Trinajstić information content (AvgIpc) is 4.13. The number of aromatic nitrogens is 3. The molecule has 7 heterocycles. The van der Waals surface area contributed by atoms with Crippen LogP contribution in [0.5, 0.6) is 0 Å². The van der Waals surface area contributed by atoms with Gasteiger partial charge in [0.25, 0.3) is 11.8 Å². The van der Waals surface area contributed by atoms with Gasteiger partial charge in [-0.15, -0.1) is 11.3 Å². The Labute approximate surface area is 380 Å². The maximum absolute atomic E-state index is 16.0. The van der Waals surface area contributed by atoms with Gasteiger partial charge in [-0.05, 0) is 105 Å². The number of fused-ring (bicyclic) bond motifs is 2. The molecule has 4 aromatic rings. The number of anilines is 2. The number of carbonyl (C=O) groups is 5. The number of allylic oxidation sites excluding steroid dienone is 4. The number of piperidine rings is 2. The van der Waals surface area contributed by atoms with Crippen molar-refractivity contribution in [2.45, 2.75) is 77.0 Å². The normalized spacial score (nSPS) is 22.0. The van der Waals surface area contributed by atoms with Crippen molar-refractivity contribution >= 4 is 51.7 Å². The zero-order chi connectivity index (χ0) is 44.8. The van der Waals surface area contributed by atoms with Gasteiger partial charge in [0, 0.05) is 78.9 Å². The Morgan fingerprint density at radius 2 is 1.74 bits per heavy atom. The molecular weight excluding hydrogens is 848 g/mol. The molecule has 3 fully saturated rings. The highest BCUT2D eigenvalue weighted by atomic mass is 32.1. The summed E-state index contributed by atoms with van der Waals surface area (Å²) < 4.78 is 18.0. The monoisotopic (exact) mass is 900 g/mol. The topological polar surface area (TPSA) is 165 Å². The van der Waals surface area contributed by atoms with E-state index in [0.29, 0.717) is 73.8 Å². The van der Waals surface area contributed by atoms with E-state index in [0.717, 1.165) is 74.4 Å². The molecule has 2 aromatic heterocycles. The Bertz CT molecular complexity index is 2580. The van der Waals surface area contributed by atoms with Crippen molar-refractivity contribution in [3.63, 3.8) is 0 Å². The van der Waals surface area contributed by atoms with E-state index in [1.54, 1.807) is 24.0 Å². The Kier molecular flexibility index (Phi) is 11.8. The Balaban J connectivity index is 0.723. The zero-order valence-electron chi connectivity index (χ0n) is 36.4. The van der Waals surface area contributed by atoms with Gasteiger partial charge in [-0.2, -0.15) is 0 Å². The minimum Gasteiger partial charge on any atom is -0.377 e. The van der Waals surface area contributed by atoms with E-state index in [9.17, 15) is 24.0 Å².